The van der Waals surface area contributed by atoms with Crippen LogP contribution in [0.1, 0.15) is 0 Å². The first-order chi connectivity index (χ1) is 8.60. The van der Waals surface area contributed by atoms with Crippen molar-refractivity contribution in [2.75, 3.05) is 31.0 Å². The fourth-order valence-electron chi connectivity index (χ4n) is 2.07. The van der Waals surface area contributed by atoms with Gasteiger partial charge in [0, 0.05) is 32.6 Å². The molecular formula is C13H16N2O3. The highest BCUT2D eigenvalue weighted by molar-refractivity contribution is 6.10. The SMILES string of the molecule is CO[C@H]1C(=O)N(c2ccc(N(C)C)cc2)[C@H]1C=O. The summed E-state index contributed by atoms with van der Waals surface area (Å²) < 4.78 is 4.98. The minimum Gasteiger partial charge on any atom is -0.378 e. The van der Waals surface area contributed by atoms with E-state index in [0.29, 0.717) is 0 Å². The summed E-state index contributed by atoms with van der Waals surface area (Å²) in [5.74, 6) is -0.174. The Labute approximate surface area is 106 Å². The molecule has 0 unspecified atom stereocenters. The number of anilines is 2. The van der Waals surface area contributed by atoms with E-state index in [-0.39, 0.29) is 5.91 Å². The van der Waals surface area contributed by atoms with Crippen LogP contribution in [-0.2, 0) is 14.3 Å². The highest BCUT2D eigenvalue weighted by Crippen LogP contribution is 2.30. The van der Waals surface area contributed by atoms with E-state index in [1.807, 2.05) is 43.3 Å². The number of nitrogens with zero attached hydrogens (tertiary/aromatic N) is 2. The Morgan fingerprint density at radius 1 is 1.28 bits per heavy atom. The van der Waals surface area contributed by atoms with Gasteiger partial charge in [-0.1, -0.05) is 0 Å². The molecule has 2 rings (SSSR count). The summed E-state index contributed by atoms with van der Waals surface area (Å²) in [6.07, 6.45) is 0.103. The van der Waals surface area contributed by atoms with Crippen molar-refractivity contribution in [3.8, 4) is 0 Å². The molecular weight excluding hydrogens is 232 g/mol. The first kappa shape index (κ1) is 12.6. The van der Waals surface area contributed by atoms with E-state index in [1.54, 1.807) is 0 Å². The maximum atomic E-state index is 11.8. The van der Waals surface area contributed by atoms with Gasteiger partial charge in [-0.3, -0.25) is 9.69 Å². The van der Waals surface area contributed by atoms with E-state index in [9.17, 15) is 9.59 Å². The molecule has 5 nitrogen and oxygen atoms in total. The minimum atomic E-state index is -0.643. The zero-order valence-corrected chi connectivity index (χ0v) is 10.7. The first-order valence-corrected chi connectivity index (χ1v) is 5.68. The highest BCUT2D eigenvalue weighted by atomic mass is 16.5. The molecule has 0 bridgehead atoms. The van der Waals surface area contributed by atoms with Crippen molar-refractivity contribution in [1.29, 1.82) is 0 Å². The monoisotopic (exact) mass is 248 g/mol. The maximum absolute atomic E-state index is 11.8. The standard InChI is InChI=1S/C13H16N2O3/c1-14(2)9-4-6-10(7-5-9)15-11(8-16)12(18-3)13(15)17/h4-8,11-12H,1-3H3/t11-,12+/m0/s1. The zero-order valence-electron chi connectivity index (χ0n) is 10.7. The molecule has 1 saturated heterocycles. The third-order valence-electron chi connectivity index (χ3n) is 3.13. The van der Waals surface area contributed by atoms with Crippen LogP contribution in [0.15, 0.2) is 24.3 Å². The number of hydrogen-bond acceptors (Lipinski definition) is 4. The summed E-state index contributed by atoms with van der Waals surface area (Å²) in [6, 6.07) is 6.95. The quantitative estimate of drug-likeness (QED) is 0.581. The molecule has 1 heterocycles. The molecule has 2 atom stereocenters. The van der Waals surface area contributed by atoms with Crippen LogP contribution in [0.25, 0.3) is 0 Å². The predicted octanol–water partition coefficient (Wildman–Crippen LogP) is 0.682. The third-order valence-corrected chi connectivity index (χ3v) is 3.13. The zero-order chi connectivity index (χ0) is 13.3. The third kappa shape index (κ3) is 1.86. The van der Waals surface area contributed by atoms with Gasteiger partial charge in [0.25, 0.3) is 5.91 Å². The molecule has 0 N–H and O–H groups in total. The van der Waals surface area contributed by atoms with Crippen molar-refractivity contribution < 1.29 is 14.3 Å². The van der Waals surface area contributed by atoms with Gasteiger partial charge in [-0.05, 0) is 24.3 Å². The summed E-state index contributed by atoms with van der Waals surface area (Å²) in [6.45, 7) is 0. The summed E-state index contributed by atoms with van der Waals surface area (Å²) in [7, 11) is 5.32. The molecule has 96 valence electrons. The molecule has 0 saturated carbocycles. The van der Waals surface area contributed by atoms with Crippen molar-refractivity contribution in [3.05, 3.63) is 24.3 Å². The lowest BCUT2D eigenvalue weighted by Crippen LogP contribution is -2.66. The molecule has 0 aliphatic carbocycles. The van der Waals surface area contributed by atoms with Crippen molar-refractivity contribution in [2.45, 2.75) is 12.1 Å². The fraction of sp³-hybridized carbons (Fsp3) is 0.385. The number of aldehydes is 1. The first-order valence-electron chi connectivity index (χ1n) is 5.68. The van der Waals surface area contributed by atoms with Crippen LogP contribution in [0.3, 0.4) is 0 Å². The lowest BCUT2D eigenvalue weighted by molar-refractivity contribution is -0.142. The van der Waals surface area contributed by atoms with Crippen LogP contribution in [0.4, 0.5) is 11.4 Å². The van der Waals surface area contributed by atoms with Gasteiger partial charge < -0.3 is 14.4 Å². The Hall–Kier alpha value is -1.88. The van der Waals surface area contributed by atoms with Gasteiger partial charge in [0.05, 0.1) is 0 Å². The Kier molecular flexibility index (Phi) is 3.34. The number of amides is 1. The number of ether oxygens (including phenoxy) is 1. The van der Waals surface area contributed by atoms with Crippen LogP contribution < -0.4 is 9.80 Å². The summed E-state index contributed by atoms with van der Waals surface area (Å²) in [5, 5.41) is 0. The van der Waals surface area contributed by atoms with E-state index in [1.165, 1.54) is 12.0 Å². The second kappa shape index (κ2) is 4.78. The second-order valence-corrected chi connectivity index (χ2v) is 4.40. The van der Waals surface area contributed by atoms with Crippen LogP contribution in [0.5, 0.6) is 0 Å². The number of carbonyl (C=O) groups is 2. The lowest BCUT2D eigenvalue weighted by atomic mass is 9.98. The number of carbonyl (C=O) groups excluding carboxylic acids is 2. The summed E-state index contributed by atoms with van der Waals surface area (Å²) in [4.78, 5) is 26.2. The average molecular weight is 248 g/mol. The van der Waals surface area contributed by atoms with Gasteiger partial charge in [0.15, 0.2) is 6.10 Å². The summed E-state index contributed by atoms with van der Waals surface area (Å²) in [5.41, 5.74) is 1.76. The van der Waals surface area contributed by atoms with E-state index in [0.717, 1.165) is 17.7 Å². The molecule has 0 radical (unpaired) electrons. The van der Waals surface area contributed by atoms with Gasteiger partial charge in [-0.25, -0.2) is 0 Å². The number of hydrogen-bond donors (Lipinski definition) is 0. The van der Waals surface area contributed by atoms with E-state index in [4.69, 9.17) is 4.74 Å². The van der Waals surface area contributed by atoms with E-state index < -0.39 is 12.1 Å². The van der Waals surface area contributed by atoms with Crippen molar-refractivity contribution in [3.63, 3.8) is 0 Å². The largest absolute Gasteiger partial charge is 0.378 e. The maximum Gasteiger partial charge on any atom is 0.259 e. The lowest BCUT2D eigenvalue weighted by Gasteiger charge is -2.43. The topological polar surface area (TPSA) is 49.9 Å². The van der Waals surface area contributed by atoms with Gasteiger partial charge in [0.2, 0.25) is 0 Å². The van der Waals surface area contributed by atoms with Crippen molar-refractivity contribution in [2.24, 2.45) is 0 Å². The molecule has 0 spiro atoms. The van der Waals surface area contributed by atoms with Crippen LogP contribution in [0.2, 0.25) is 0 Å². The smallest absolute Gasteiger partial charge is 0.259 e. The van der Waals surface area contributed by atoms with Gasteiger partial charge in [-0.15, -0.1) is 0 Å². The molecule has 1 aromatic rings. The number of benzene rings is 1. The molecule has 1 fully saturated rings. The Morgan fingerprint density at radius 2 is 1.89 bits per heavy atom. The molecule has 5 heteroatoms. The van der Waals surface area contributed by atoms with Crippen LogP contribution in [-0.4, -0.2) is 45.5 Å². The fourth-order valence-corrected chi connectivity index (χ4v) is 2.07. The Morgan fingerprint density at radius 3 is 2.33 bits per heavy atom. The van der Waals surface area contributed by atoms with E-state index >= 15 is 0 Å². The van der Waals surface area contributed by atoms with Gasteiger partial charge in [0.1, 0.15) is 12.3 Å². The van der Waals surface area contributed by atoms with E-state index in [2.05, 4.69) is 0 Å². The van der Waals surface area contributed by atoms with Crippen LogP contribution in [0, 0.1) is 0 Å². The molecule has 1 aliphatic rings. The van der Waals surface area contributed by atoms with Crippen molar-refractivity contribution in [1.82, 2.24) is 0 Å². The molecule has 1 amide bonds. The van der Waals surface area contributed by atoms with Gasteiger partial charge >= 0.3 is 0 Å². The second-order valence-electron chi connectivity index (χ2n) is 4.40. The number of β-lactam (4-membered cyclic amide) rings is 1. The minimum absolute atomic E-state index is 0.174. The Balaban J connectivity index is 2.22. The molecule has 0 aromatic heterocycles. The molecule has 1 aliphatic heterocycles. The molecule has 1 aromatic carbocycles. The van der Waals surface area contributed by atoms with Gasteiger partial charge in [-0.2, -0.15) is 0 Å². The van der Waals surface area contributed by atoms with Crippen molar-refractivity contribution >= 4 is 23.6 Å². The number of methoxy groups -OCH3 is 1. The average Bonchev–Trinajstić information content (AvgIpc) is 2.36. The highest BCUT2D eigenvalue weighted by Gasteiger charge is 2.48. The Bertz CT molecular complexity index is 456. The molecule has 18 heavy (non-hydrogen) atoms. The van der Waals surface area contributed by atoms with Crippen LogP contribution >= 0.6 is 0 Å². The number of rotatable bonds is 4. The normalized spacial score (nSPS) is 22.6. The predicted molar refractivity (Wildman–Crippen MR) is 68.9 cm³/mol. The summed E-state index contributed by atoms with van der Waals surface area (Å²) >= 11 is 0.